The normalized spacial score (nSPS) is 22.8. The molecular formula is C18H21FN2O4. The van der Waals surface area contributed by atoms with E-state index in [1.165, 1.54) is 11.0 Å². The lowest BCUT2D eigenvalue weighted by Gasteiger charge is -2.36. The fourth-order valence-corrected chi connectivity index (χ4v) is 3.96. The van der Waals surface area contributed by atoms with Crippen LogP contribution in [0.25, 0.3) is 0 Å². The zero-order valence-electron chi connectivity index (χ0n) is 13.9. The highest BCUT2D eigenvalue weighted by molar-refractivity contribution is 6.10. The van der Waals surface area contributed by atoms with Gasteiger partial charge in [0.15, 0.2) is 5.79 Å². The minimum Gasteiger partial charge on any atom is -0.348 e. The van der Waals surface area contributed by atoms with Crippen LogP contribution in [0.3, 0.4) is 0 Å². The molecule has 1 spiro atoms. The van der Waals surface area contributed by atoms with E-state index in [1.54, 1.807) is 12.1 Å². The summed E-state index contributed by atoms with van der Waals surface area (Å²) in [6.45, 7) is 1.20. The van der Waals surface area contributed by atoms with Gasteiger partial charge in [-0.3, -0.25) is 9.59 Å². The number of ether oxygens (including phenoxy) is 2. The molecule has 0 unspecified atom stereocenters. The van der Waals surface area contributed by atoms with E-state index < -0.39 is 11.6 Å². The number of fused-ring (bicyclic) bond motifs is 1. The van der Waals surface area contributed by atoms with Crippen molar-refractivity contribution in [2.24, 2.45) is 5.92 Å². The zero-order chi connectivity index (χ0) is 17.4. The smallest absolute Gasteiger partial charge is 0.244 e. The van der Waals surface area contributed by atoms with Crippen molar-refractivity contribution in [1.29, 1.82) is 0 Å². The van der Waals surface area contributed by atoms with Crippen LogP contribution in [-0.4, -0.2) is 37.4 Å². The van der Waals surface area contributed by atoms with Gasteiger partial charge >= 0.3 is 0 Å². The molecule has 1 aliphatic carbocycles. The Kier molecular flexibility index (Phi) is 4.21. The number of hydrogen-bond acceptors (Lipinski definition) is 4. The van der Waals surface area contributed by atoms with Gasteiger partial charge in [-0.1, -0.05) is 6.07 Å². The van der Waals surface area contributed by atoms with Crippen LogP contribution in [0.2, 0.25) is 0 Å². The minimum atomic E-state index is -0.529. The van der Waals surface area contributed by atoms with Gasteiger partial charge in [-0.05, 0) is 30.9 Å². The molecule has 6 nitrogen and oxygen atoms in total. The number of anilines is 2. The van der Waals surface area contributed by atoms with Crippen LogP contribution in [0.1, 0.15) is 32.1 Å². The molecule has 0 aromatic heterocycles. The van der Waals surface area contributed by atoms with Crippen LogP contribution < -0.4 is 10.2 Å². The molecule has 7 heteroatoms. The predicted octanol–water partition coefficient (Wildman–Crippen LogP) is 2.43. The lowest BCUT2D eigenvalue weighted by molar-refractivity contribution is -0.183. The van der Waals surface area contributed by atoms with Gasteiger partial charge in [0.25, 0.3) is 0 Å². The van der Waals surface area contributed by atoms with Crippen molar-refractivity contribution < 1.29 is 23.5 Å². The third kappa shape index (κ3) is 3.14. The molecule has 4 rings (SSSR count). The minimum absolute atomic E-state index is 0.0713. The first kappa shape index (κ1) is 16.5. The van der Waals surface area contributed by atoms with Gasteiger partial charge in [-0.2, -0.15) is 0 Å². The molecule has 134 valence electrons. The Balaban J connectivity index is 1.44. The molecule has 0 bridgehead atoms. The van der Waals surface area contributed by atoms with Gasteiger partial charge in [0.05, 0.1) is 18.9 Å². The average Bonchev–Trinajstić information content (AvgIpc) is 3.05. The second kappa shape index (κ2) is 6.38. The van der Waals surface area contributed by atoms with E-state index in [2.05, 4.69) is 5.32 Å². The number of amides is 2. The molecule has 1 aromatic rings. The molecule has 2 amide bonds. The number of benzene rings is 1. The first-order valence-electron chi connectivity index (χ1n) is 8.73. The second-order valence-corrected chi connectivity index (χ2v) is 6.92. The Bertz CT molecular complexity index is 692. The Morgan fingerprint density at radius 1 is 1.28 bits per heavy atom. The largest absolute Gasteiger partial charge is 0.348 e. The van der Waals surface area contributed by atoms with E-state index in [4.69, 9.17) is 9.47 Å². The average molecular weight is 348 g/mol. The highest BCUT2D eigenvalue weighted by atomic mass is 19.1. The summed E-state index contributed by atoms with van der Waals surface area (Å²) in [4.78, 5) is 26.0. The van der Waals surface area contributed by atoms with Crippen LogP contribution in [0.15, 0.2) is 18.2 Å². The summed E-state index contributed by atoms with van der Waals surface area (Å²) in [5.74, 6) is -1.26. The number of carbonyl (C=O) groups is 2. The number of rotatable bonds is 2. The summed E-state index contributed by atoms with van der Waals surface area (Å²) in [5, 5.41) is 2.51. The van der Waals surface area contributed by atoms with Crippen molar-refractivity contribution in [1.82, 2.24) is 0 Å². The van der Waals surface area contributed by atoms with E-state index in [9.17, 15) is 14.0 Å². The second-order valence-electron chi connectivity index (χ2n) is 6.92. The summed E-state index contributed by atoms with van der Waals surface area (Å²) < 4.78 is 25.4. The van der Waals surface area contributed by atoms with E-state index in [0.29, 0.717) is 25.3 Å². The molecule has 0 atom stereocenters. The maximum absolute atomic E-state index is 13.9. The van der Waals surface area contributed by atoms with Gasteiger partial charge in [-0.25, -0.2) is 4.39 Å². The van der Waals surface area contributed by atoms with Gasteiger partial charge in [0.2, 0.25) is 11.8 Å². The quantitative estimate of drug-likeness (QED) is 0.891. The summed E-state index contributed by atoms with van der Waals surface area (Å²) in [6.07, 6.45) is 3.62. The standard InChI is InChI=1S/C18H21FN2O4/c19-13-2-1-3-14-17(13)20-15(22)11-21(14)16(23)10-12-4-6-18(7-5-12)24-8-9-25-18/h1-3,12H,4-11H2,(H,20,22). The van der Waals surface area contributed by atoms with Crippen LogP contribution in [0.4, 0.5) is 15.8 Å². The summed E-state index contributed by atoms with van der Waals surface area (Å²) in [5.41, 5.74) is 0.516. The van der Waals surface area contributed by atoms with Gasteiger partial charge in [0.1, 0.15) is 18.0 Å². The SMILES string of the molecule is O=C1CN(C(=O)CC2CCC3(CC2)OCCO3)c2cccc(F)c2N1. The van der Waals surface area contributed by atoms with E-state index in [-0.39, 0.29) is 30.0 Å². The third-order valence-electron chi connectivity index (χ3n) is 5.29. The van der Waals surface area contributed by atoms with Crippen molar-refractivity contribution in [3.05, 3.63) is 24.0 Å². The van der Waals surface area contributed by atoms with E-state index >= 15 is 0 Å². The molecule has 25 heavy (non-hydrogen) atoms. The fourth-order valence-electron chi connectivity index (χ4n) is 3.96. The number of nitrogens with zero attached hydrogens (tertiary/aromatic N) is 1. The molecule has 1 saturated carbocycles. The summed E-state index contributed by atoms with van der Waals surface area (Å²) in [7, 11) is 0. The highest BCUT2D eigenvalue weighted by Gasteiger charge is 2.41. The lowest BCUT2D eigenvalue weighted by atomic mass is 9.83. The Hall–Kier alpha value is -1.99. The molecule has 0 radical (unpaired) electrons. The fraction of sp³-hybridized carbons (Fsp3) is 0.556. The van der Waals surface area contributed by atoms with Crippen LogP contribution >= 0.6 is 0 Å². The number of halogens is 1. The van der Waals surface area contributed by atoms with E-state index in [0.717, 1.165) is 25.7 Å². The van der Waals surface area contributed by atoms with Crippen molar-refractivity contribution in [2.75, 3.05) is 30.0 Å². The van der Waals surface area contributed by atoms with Gasteiger partial charge in [0, 0.05) is 19.3 Å². The van der Waals surface area contributed by atoms with Crippen LogP contribution in [0, 0.1) is 11.7 Å². The maximum atomic E-state index is 13.9. The monoisotopic (exact) mass is 348 g/mol. The number of nitrogens with one attached hydrogen (secondary N) is 1. The number of carbonyl (C=O) groups excluding carboxylic acids is 2. The molecule has 3 aliphatic rings. The van der Waals surface area contributed by atoms with E-state index in [1.807, 2.05) is 0 Å². The topological polar surface area (TPSA) is 67.9 Å². The number of hydrogen-bond donors (Lipinski definition) is 1. The molecule has 1 N–H and O–H groups in total. The molecular weight excluding hydrogens is 327 g/mol. The third-order valence-corrected chi connectivity index (χ3v) is 5.29. The Morgan fingerprint density at radius 3 is 2.72 bits per heavy atom. The van der Waals surface area contributed by atoms with Crippen molar-refractivity contribution in [3.63, 3.8) is 0 Å². The van der Waals surface area contributed by atoms with Crippen LogP contribution in [-0.2, 0) is 19.1 Å². The Labute approximate surface area is 145 Å². The Morgan fingerprint density at radius 2 is 2.00 bits per heavy atom. The lowest BCUT2D eigenvalue weighted by Crippen LogP contribution is -2.43. The summed E-state index contributed by atoms with van der Waals surface area (Å²) in [6, 6.07) is 4.48. The van der Waals surface area contributed by atoms with Gasteiger partial charge < -0.3 is 19.7 Å². The van der Waals surface area contributed by atoms with Gasteiger partial charge in [-0.15, -0.1) is 0 Å². The number of para-hydroxylation sites is 1. The molecule has 1 aromatic carbocycles. The molecule has 2 aliphatic heterocycles. The van der Waals surface area contributed by atoms with Crippen molar-refractivity contribution >= 4 is 23.2 Å². The first-order chi connectivity index (χ1) is 12.1. The first-order valence-corrected chi connectivity index (χ1v) is 8.73. The van der Waals surface area contributed by atoms with Crippen molar-refractivity contribution in [3.8, 4) is 0 Å². The maximum Gasteiger partial charge on any atom is 0.244 e. The molecule has 2 fully saturated rings. The summed E-state index contributed by atoms with van der Waals surface area (Å²) >= 11 is 0. The van der Waals surface area contributed by atoms with Crippen molar-refractivity contribution in [2.45, 2.75) is 37.9 Å². The molecule has 2 heterocycles. The van der Waals surface area contributed by atoms with Crippen LogP contribution in [0.5, 0.6) is 0 Å². The molecule has 1 saturated heterocycles. The predicted molar refractivity (Wildman–Crippen MR) is 88.6 cm³/mol. The highest BCUT2D eigenvalue weighted by Crippen LogP contribution is 2.40. The zero-order valence-corrected chi connectivity index (χ0v) is 13.9.